The van der Waals surface area contributed by atoms with Crippen LogP contribution < -0.4 is 5.73 Å². The van der Waals surface area contributed by atoms with E-state index in [9.17, 15) is 8.42 Å². The van der Waals surface area contributed by atoms with Crippen LogP contribution in [0.15, 0.2) is 21.7 Å². The third kappa shape index (κ3) is 2.02. The number of thiophene rings is 1. The van der Waals surface area contributed by atoms with Crippen molar-refractivity contribution in [3.63, 3.8) is 0 Å². The molecule has 1 aromatic heterocycles. The molecule has 2 N–H and O–H groups in total. The summed E-state index contributed by atoms with van der Waals surface area (Å²) in [5.74, 6) is 0.296. The molecule has 16 heavy (non-hydrogen) atoms. The van der Waals surface area contributed by atoms with Crippen molar-refractivity contribution in [3.8, 4) is 0 Å². The molecule has 0 amide bonds. The molecule has 1 aliphatic heterocycles. The molecule has 2 atom stereocenters. The zero-order valence-corrected chi connectivity index (χ0v) is 10.8. The molecule has 2 heterocycles. The molecule has 4 nitrogen and oxygen atoms in total. The monoisotopic (exact) mass is 260 g/mol. The van der Waals surface area contributed by atoms with Crippen LogP contribution in [0, 0.1) is 5.92 Å². The normalized spacial score (nSPS) is 27.4. The Morgan fingerprint density at radius 2 is 2.38 bits per heavy atom. The Morgan fingerprint density at radius 3 is 2.88 bits per heavy atom. The maximum absolute atomic E-state index is 12.3. The Kier molecular flexibility index (Phi) is 3.34. The van der Waals surface area contributed by atoms with Crippen LogP contribution in [-0.2, 0) is 10.0 Å². The Balaban J connectivity index is 2.26. The topological polar surface area (TPSA) is 63.4 Å². The van der Waals surface area contributed by atoms with Gasteiger partial charge < -0.3 is 5.73 Å². The van der Waals surface area contributed by atoms with E-state index in [1.165, 1.54) is 11.3 Å². The van der Waals surface area contributed by atoms with E-state index in [1.807, 2.05) is 6.92 Å². The maximum atomic E-state index is 12.3. The summed E-state index contributed by atoms with van der Waals surface area (Å²) >= 11 is 1.27. The highest BCUT2D eigenvalue weighted by atomic mass is 32.2. The first kappa shape index (κ1) is 12.0. The molecule has 0 saturated carbocycles. The minimum absolute atomic E-state index is 0.0562. The third-order valence-electron chi connectivity index (χ3n) is 3.00. The van der Waals surface area contributed by atoms with E-state index in [0.29, 0.717) is 23.2 Å². The minimum atomic E-state index is -3.29. The van der Waals surface area contributed by atoms with Gasteiger partial charge in [0.25, 0.3) is 10.0 Å². The number of sulfonamides is 1. The standard InChI is InChI=1S/C10H16N2O2S2/c1-8-5-9(6-11)7-12(8)16(13,14)10-3-2-4-15-10/h2-4,8-9H,5-7,11H2,1H3. The molecule has 1 saturated heterocycles. The molecule has 2 unspecified atom stereocenters. The summed E-state index contributed by atoms with van der Waals surface area (Å²) in [6.45, 7) is 3.06. The average molecular weight is 260 g/mol. The highest BCUT2D eigenvalue weighted by Crippen LogP contribution is 2.30. The fraction of sp³-hybridized carbons (Fsp3) is 0.600. The van der Waals surface area contributed by atoms with Crippen LogP contribution >= 0.6 is 11.3 Å². The molecule has 0 radical (unpaired) electrons. The zero-order chi connectivity index (χ0) is 11.8. The lowest BCUT2D eigenvalue weighted by Crippen LogP contribution is -2.34. The zero-order valence-electron chi connectivity index (χ0n) is 9.17. The highest BCUT2D eigenvalue weighted by Gasteiger charge is 2.37. The first-order valence-corrected chi connectivity index (χ1v) is 7.63. The van der Waals surface area contributed by atoms with Crippen molar-refractivity contribution in [3.05, 3.63) is 17.5 Å². The second-order valence-corrected chi connectivity index (χ2v) is 7.26. The van der Waals surface area contributed by atoms with E-state index < -0.39 is 10.0 Å². The summed E-state index contributed by atoms with van der Waals surface area (Å²) in [5.41, 5.74) is 5.60. The molecule has 0 aliphatic carbocycles. The van der Waals surface area contributed by atoms with Gasteiger partial charge in [-0.3, -0.25) is 0 Å². The van der Waals surface area contributed by atoms with Gasteiger partial charge in [0, 0.05) is 12.6 Å². The molecule has 0 spiro atoms. The predicted molar refractivity (Wildman–Crippen MR) is 64.8 cm³/mol. The third-order valence-corrected chi connectivity index (χ3v) is 6.35. The summed E-state index contributed by atoms with van der Waals surface area (Å²) in [7, 11) is -3.29. The first-order valence-electron chi connectivity index (χ1n) is 5.31. The molecule has 1 fully saturated rings. The van der Waals surface area contributed by atoms with E-state index in [0.717, 1.165) is 6.42 Å². The minimum Gasteiger partial charge on any atom is -0.330 e. The molecule has 0 aromatic carbocycles. The van der Waals surface area contributed by atoms with Gasteiger partial charge in [-0.1, -0.05) is 6.07 Å². The number of nitrogens with zero attached hydrogens (tertiary/aromatic N) is 1. The summed E-state index contributed by atoms with van der Waals surface area (Å²) in [6.07, 6.45) is 0.862. The van der Waals surface area contributed by atoms with Crippen LogP contribution in [0.25, 0.3) is 0 Å². The lowest BCUT2D eigenvalue weighted by atomic mass is 10.1. The van der Waals surface area contributed by atoms with Crippen LogP contribution in [0.2, 0.25) is 0 Å². The average Bonchev–Trinajstić information content (AvgIpc) is 2.85. The predicted octanol–water partition coefficient (Wildman–Crippen LogP) is 1.11. The van der Waals surface area contributed by atoms with Crippen LogP contribution in [0.4, 0.5) is 0 Å². The fourth-order valence-electron chi connectivity index (χ4n) is 2.14. The molecule has 0 bridgehead atoms. The number of hydrogen-bond donors (Lipinski definition) is 1. The second-order valence-electron chi connectivity index (χ2n) is 4.19. The molecule has 90 valence electrons. The lowest BCUT2D eigenvalue weighted by molar-refractivity contribution is 0.406. The summed E-state index contributed by atoms with van der Waals surface area (Å²) in [4.78, 5) is 0. The van der Waals surface area contributed by atoms with E-state index in [1.54, 1.807) is 21.8 Å². The van der Waals surface area contributed by atoms with Gasteiger partial charge in [-0.15, -0.1) is 11.3 Å². The van der Waals surface area contributed by atoms with Crippen molar-refractivity contribution >= 4 is 21.4 Å². The first-order chi connectivity index (χ1) is 7.55. The Morgan fingerprint density at radius 1 is 1.62 bits per heavy atom. The van der Waals surface area contributed by atoms with E-state index in [-0.39, 0.29) is 6.04 Å². The van der Waals surface area contributed by atoms with E-state index in [4.69, 9.17) is 5.73 Å². The number of hydrogen-bond acceptors (Lipinski definition) is 4. The van der Waals surface area contributed by atoms with Crippen molar-refractivity contribution in [1.82, 2.24) is 4.31 Å². The number of nitrogens with two attached hydrogens (primary N) is 1. The van der Waals surface area contributed by atoms with Crippen LogP contribution in [0.5, 0.6) is 0 Å². The number of rotatable bonds is 3. The van der Waals surface area contributed by atoms with Crippen LogP contribution in [-0.4, -0.2) is 31.9 Å². The van der Waals surface area contributed by atoms with Gasteiger partial charge in [-0.25, -0.2) is 8.42 Å². The second kappa shape index (κ2) is 4.44. The maximum Gasteiger partial charge on any atom is 0.252 e. The Labute approximate surface area is 100 Å². The molecular formula is C10H16N2O2S2. The van der Waals surface area contributed by atoms with Crippen molar-refractivity contribution in [2.45, 2.75) is 23.6 Å². The molecule has 2 rings (SSSR count). The molecule has 1 aromatic rings. The highest BCUT2D eigenvalue weighted by molar-refractivity contribution is 7.91. The van der Waals surface area contributed by atoms with Gasteiger partial charge in [0.15, 0.2) is 0 Å². The molecular weight excluding hydrogens is 244 g/mol. The van der Waals surface area contributed by atoms with Crippen molar-refractivity contribution < 1.29 is 8.42 Å². The summed E-state index contributed by atoms with van der Waals surface area (Å²) < 4.78 is 26.5. The molecule has 1 aliphatic rings. The van der Waals surface area contributed by atoms with Gasteiger partial charge in [0.05, 0.1) is 0 Å². The van der Waals surface area contributed by atoms with Crippen molar-refractivity contribution in [2.24, 2.45) is 11.7 Å². The molecule has 6 heteroatoms. The fourth-order valence-corrected chi connectivity index (χ4v) is 4.98. The van der Waals surface area contributed by atoms with E-state index in [2.05, 4.69) is 0 Å². The van der Waals surface area contributed by atoms with Gasteiger partial charge in [0.2, 0.25) is 0 Å². The van der Waals surface area contributed by atoms with E-state index >= 15 is 0 Å². The van der Waals surface area contributed by atoms with Gasteiger partial charge >= 0.3 is 0 Å². The summed E-state index contributed by atoms with van der Waals surface area (Å²) in [6, 6.07) is 3.47. The smallest absolute Gasteiger partial charge is 0.252 e. The van der Waals surface area contributed by atoms with Gasteiger partial charge in [-0.05, 0) is 37.3 Å². The van der Waals surface area contributed by atoms with Gasteiger partial charge in [0.1, 0.15) is 4.21 Å². The Hall–Kier alpha value is -0.430. The lowest BCUT2D eigenvalue weighted by Gasteiger charge is -2.19. The van der Waals surface area contributed by atoms with Crippen molar-refractivity contribution in [1.29, 1.82) is 0 Å². The summed E-state index contributed by atoms with van der Waals surface area (Å²) in [5, 5.41) is 1.79. The van der Waals surface area contributed by atoms with Crippen LogP contribution in [0.1, 0.15) is 13.3 Å². The Bertz CT molecular complexity index is 441. The van der Waals surface area contributed by atoms with Crippen molar-refractivity contribution in [2.75, 3.05) is 13.1 Å². The van der Waals surface area contributed by atoms with Gasteiger partial charge in [-0.2, -0.15) is 4.31 Å². The van der Waals surface area contributed by atoms with Crippen LogP contribution in [0.3, 0.4) is 0 Å². The SMILES string of the molecule is CC1CC(CN)CN1S(=O)(=O)c1cccs1. The largest absolute Gasteiger partial charge is 0.330 e. The quantitative estimate of drug-likeness (QED) is 0.885.